The lowest BCUT2D eigenvalue weighted by Crippen LogP contribution is -2.22. The van der Waals surface area contributed by atoms with E-state index < -0.39 is 0 Å². The maximum absolute atomic E-state index is 12.8. The minimum atomic E-state index is 0.504. The molecule has 1 aliphatic heterocycles. The molecule has 58 valence electrons. The molecule has 2 rings (SSSR count). The quantitative estimate of drug-likeness (QED) is 0.567. The fourth-order valence-electron chi connectivity index (χ4n) is 1.03. The van der Waals surface area contributed by atoms with Crippen LogP contribution in [0.1, 0.15) is 5.56 Å². The zero-order valence-electron chi connectivity index (χ0n) is 5.51. The summed E-state index contributed by atoms with van der Waals surface area (Å²) in [5.74, 6) is 0. The maximum atomic E-state index is 12.8. The normalized spacial score (nSPS) is 15.3. The third-order valence-corrected chi connectivity index (χ3v) is 2.52. The first-order chi connectivity index (χ1) is 5.29. The van der Waals surface area contributed by atoms with E-state index in [1.54, 1.807) is 6.20 Å². The maximum Gasteiger partial charge on any atom is 0.111 e. The van der Waals surface area contributed by atoms with Crippen molar-refractivity contribution in [3.05, 3.63) is 21.5 Å². The largest absolute Gasteiger partial charge is 0.261 e. The first-order valence-electron chi connectivity index (χ1n) is 3.11. The van der Waals surface area contributed by atoms with Crippen LogP contribution in [0.4, 0.5) is 10.2 Å². The van der Waals surface area contributed by atoms with Gasteiger partial charge in [-0.05, 0) is 22.6 Å². The van der Waals surface area contributed by atoms with Crippen molar-refractivity contribution in [2.45, 2.75) is 6.54 Å². The fraction of sp³-hybridized carbons (Fsp3) is 0.167. The van der Waals surface area contributed by atoms with Crippen LogP contribution < -0.4 is 10.7 Å². The van der Waals surface area contributed by atoms with Gasteiger partial charge in [0.15, 0.2) is 0 Å². The molecule has 0 unspecified atom stereocenters. The Balaban J connectivity index is 2.57. The standard InChI is InChI=1S/C6H5FIN3/c7-11-6-3-9-2-5(8)4(6)1-10-11/h2-3,10H,1H2. The van der Waals surface area contributed by atoms with Crippen molar-refractivity contribution < 1.29 is 4.48 Å². The summed E-state index contributed by atoms with van der Waals surface area (Å²) in [6.45, 7) is 0.548. The fourth-order valence-corrected chi connectivity index (χ4v) is 1.66. The Hall–Kier alpha value is -0.430. The summed E-state index contributed by atoms with van der Waals surface area (Å²) < 4.78 is 13.8. The highest BCUT2D eigenvalue weighted by atomic mass is 127. The molecule has 1 N–H and O–H groups in total. The third kappa shape index (κ3) is 1.08. The van der Waals surface area contributed by atoms with Gasteiger partial charge in [0.25, 0.3) is 0 Å². The summed E-state index contributed by atoms with van der Waals surface area (Å²) in [6, 6.07) is 0. The average molecular weight is 265 g/mol. The van der Waals surface area contributed by atoms with Crippen LogP contribution in [0.3, 0.4) is 0 Å². The van der Waals surface area contributed by atoms with E-state index in [2.05, 4.69) is 33.0 Å². The van der Waals surface area contributed by atoms with Gasteiger partial charge in [0.1, 0.15) is 5.69 Å². The molecule has 0 amide bonds. The summed E-state index contributed by atoms with van der Waals surface area (Å²) in [5, 5.41) is 0.504. The van der Waals surface area contributed by atoms with Crippen LogP contribution in [0.25, 0.3) is 0 Å². The van der Waals surface area contributed by atoms with Crippen molar-refractivity contribution in [2.75, 3.05) is 5.23 Å². The van der Waals surface area contributed by atoms with Crippen LogP contribution in [-0.4, -0.2) is 4.98 Å². The topological polar surface area (TPSA) is 28.2 Å². The molecule has 0 radical (unpaired) electrons. The van der Waals surface area contributed by atoms with Crippen LogP contribution in [0.2, 0.25) is 0 Å². The molecule has 3 nitrogen and oxygen atoms in total. The number of nitrogens with one attached hydrogen (secondary N) is 1. The molecule has 0 aromatic carbocycles. The summed E-state index contributed by atoms with van der Waals surface area (Å²) in [7, 11) is 0. The molecular formula is C6H5FIN3. The molecule has 0 fully saturated rings. The molecule has 11 heavy (non-hydrogen) atoms. The number of hydrazine groups is 1. The van der Waals surface area contributed by atoms with Gasteiger partial charge < -0.3 is 0 Å². The summed E-state index contributed by atoms with van der Waals surface area (Å²) >= 11 is 2.14. The molecule has 0 aliphatic carbocycles. The monoisotopic (exact) mass is 265 g/mol. The van der Waals surface area contributed by atoms with Gasteiger partial charge in [-0.1, -0.05) is 4.48 Å². The van der Waals surface area contributed by atoms with Crippen molar-refractivity contribution in [1.29, 1.82) is 0 Å². The molecule has 0 atom stereocenters. The van der Waals surface area contributed by atoms with Crippen LogP contribution in [0.5, 0.6) is 0 Å². The van der Waals surface area contributed by atoms with Crippen LogP contribution in [0.15, 0.2) is 12.4 Å². The number of aromatic nitrogens is 1. The number of hydrogen-bond donors (Lipinski definition) is 1. The Kier molecular flexibility index (Phi) is 1.68. The van der Waals surface area contributed by atoms with E-state index in [9.17, 15) is 4.48 Å². The third-order valence-electron chi connectivity index (χ3n) is 1.59. The Morgan fingerprint density at radius 2 is 2.45 bits per heavy atom. The predicted octanol–water partition coefficient (Wildman–Crippen LogP) is 1.40. The van der Waals surface area contributed by atoms with Crippen LogP contribution in [0, 0.1) is 3.57 Å². The summed E-state index contributed by atoms with van der Waals surface area (Å²) in [4.78, 5) is 3.88. The molecule has 1 aromatic rings. The van der Waals surface area contributed by atoms with E-state index in [1.807, 2.05) is 0 Å². The molecule has 0 bridgehead atoms. The van der Waals surface area contributed by atoms with E-state index in [0.717, 1.165) is 9.13 Å². The number of anilines is 1. The van der Waals surface area contributed by atoms with E-state index in [-0.39, 0.29) is 0 Å². The predicted molar refractivity (Wildman–Crippen MR) is 47.4 cm³/mol. The smallest absolute Gasteiger partial charge is 0.111 e. The molecule has 0 saturated carbocycles. The number of hydrogen-bond acceptors (Lipinski definition) is 3. The van der Waals surface area contributed by atoms with Gasteiger partial charge in [-0.25, -0.2) is 5.43 Å². The lowest BCUT2D eigenvalue weighted by atomic mass is 10.2. The lowest BCUT2D eigenvalue weighted by Gasteiger charge is -2.03. The highest BCUT2D eigenvalue weighted by molar-refractivity contribution is 14.1. The van der Waals surface area contributed by atoms with Crippen LogP contribution in [-0.2, 0) is 6.54 Å². The first kappa shape index (κ1) is 7.23. The highest BCUT2D eigenvalue weighted by Crippen LogP contribution is 2.27. The van der Waals surface area contributed by atoms with Gasteiger partial charge >= 0.3 is 0 Å². The molecule has 2 heterocycles. The van der Waals surface area contributed by atoms with Gasteiger partial charge in [0, 0.05) is 21.9 Å². The van der Waals surface area contributed by atoms with Crippen molar-refractivity contribution in [1.82, 2.24) is 10.4 Å². The minimum Gasteiger partial charge on any atom is -0.261 e. The van der Waals surface area contributed by atoms with Gasteiger partial charge in [0.05, 0.1) is 6.20 Å². The van der Waals surface area contributed by atoms with E-state index >= 15 is 0 Å². The Morgan fingerprint density at radius 3 is 3.18 bits per heavy atom. The molecule has 1 aromatic heterocycles. The Bertz CT molecular complexity index is 291. The highest BCUT2D eigenvalue weighted by Gasteiger charge is 2.20. The zero-order valence-corrected chi connectivity index (χ0v) is 7.67. The molecular weight excluding hydrogens is 260 g/mol. The number of nitrogens with zero attached hydrogens (tertiary/aromatic N) is 2. The second kappa shape index (κ2) is 2.56. The van der Waals surface area contributed by atoms with Crippen molar-refractivity contribution in [3.63, 3.8) is 0 Å². The number of fused-ring (bicyclic) bond motifs is 1. The molecule has 0 saturated heterocycles. The minimum absolute atomic E-state index is 0.504. The van der Waals surface area contributed by atoms with Gasteiger partial charge in [0.2, 0.25) is 0 Å². The molecule has 0 spiro atoms. The SMILES string of the molecule is FN1NCc2c(I)cncc21. The van der Waals surface area contributed by atoms with E-state index in [4.69, 9.17) is 0 Å². The molecule has 1 aliphatic rings. The lowest BCUT2D eigenvalue weighted by molar-refractivity contribution is 0.383. The average Bonchev–Trinajstić information content (AvgIpc) is 2.35. The summed E-state index contributed by atoms with van der Waals surface area (Å²) in [5.41, 5.74) is 4.05. The van der Waals surface area contributed by atoms with Crippen molar-refractivity contribution in [2.24, 2.45) is 0 Å². The van der Waals surface area contributed by atoms with Gasteiger partial charge in [-0.15, -0.1) is 5.23 Å². The van der Waals surface area contributed by atoms with E-state index in [0.29, 0.717) is 17.5 Å². The second-order valence-electron chi connectivity index (χ2n) is 2.23. The Morgan fingerprint density at radius 1 is 1.64 bits per heavy atom. The number of halogens is 2. The summed E-state index contributed by atoms with van der Waals surface area (Å²) in [6.07, 6.45) is 3.23. The second-order valence-corrected chi connectivity index (χ2v) is 3.40. The van der Waals surface area contributed by atoms with E-state index in [1.165, 1.54) is 6.20 Å². The van der Waals surface area contributed by atoms with Gasteiger partial charge in [-0.3, -0.25) is 4.98 Å². The Labute approximate surface area is 76.7 Å². The zero-order chi connectivity index (χ0) is 7.84. The van der Waals surface area contributed by atoms with Gasteiger partial charge in [-0.2, -0.15) is 0 Å². The van der Waals surface area contributed by atoms with Crippen LogP contribution >= 0.6 is 22.6 Å². The molecule has 5 heteroatoms. The first-order valence-corrected chi connectivity index (χ1v) is 4.18. The number of pyridine rings is 1. The van der Waals surface area contributed by atoms with Crippen molar-refractivity contribution >= 4 is 28.3 Å². The number of rotatable bonds is 0. The van der Waals surface area contributed by atoms with Crippen molar-refractivity contribution in [3.8, 4) is 0 Å².